The predicted molar refractivity (Wildman–Crippen MR) is 130 cm³/mol. The standard InChI is InChI=1S/C25H35N5O5/c1-17(2)15-29(19-12-18(13-26-14-19)24(32)28-8-10-35-11-9-28)25(33)23-27-20-6-4-5-7-21(20)30(23)16-22(31)34-3/h4-7,17-19,26H,8-16H2,1-3H3/t18-,19+/m1/s1. The quantitative estimate of drug-likeness (QED) is 0.587. The zero-order valence-corrected chi connectivity index (χ0v) is 20.7. The minimum atomic E-state index is -0.451. The molecule has 10 heteroatoms. The van der Waals surface area contributed by atoms with Crippen LogP contribution in [0.4, 0.5) is 0 Å². The number of amides is 2. The lowest BCUT2D eigenvalue weighted by molar-refractivity contribution is -0.141. The molecule has 2 amide bonds. The summed E-state index contributed by atoms with van der Waals surface area (Å²) in [6.07, 6.45) is 0.582. The number of aromatic nitrogens is 2. The first-order chi connectivity index (χ1) is 16.9. The molecule has 0 saturated carbocycles. The Balaban J connectivity index is 1.61. The molecule has 1 aromatic heterocycles. The lowest BCUT2D eigenvalue weighted by Gasteiger charge is -2.40. The Bertz CT molecular complexity index is 1060. The van der Waals surface area contributed by atoms with Crippen molar-refractivity contribution in [1.29, 1.82) is 0 Å². The molecule has 0 radical (unpaired) electrons. The lowest BCUT2D eigenvalue weighted by atomic mass is 9.92. The lowest BCUT2D eigenvalue weighted by Crippen LogP contribution is -2.56. The van der Waals surface area contributed by atoms with E-state index in [-0.39, 0.29) is 42.1 Å². The molecule has 1 aromatic carbocycles. The summed E-state index contributed by atoms with van der Waals surface area (Å²) in [7, 11) is 1.33. The Kier molecular flexibility index (Phi) is 8.02. The molecular weight excluding hydrogens is 450 g/mol. The SMILES string of the molecule is COC(=O)Cn1c(C(=O)N(CC(C)C)[C@@H]2CNC[C@H](C(=O)N3CCOCC3)C2)nc2ccccc21. The number of hydrogen-bond donors (Lipinski definition) is 1. The topological polar surface area (TPSA) is 106 Å². The maximum Gasteiger partial charge on any atom is 0.325 e. The number of carbonyl (C=O) groups is 3. The van der Waals surface area contributed by atoms with Crippen LogP contribution in [0, 0.1) is 11.8 Å². The number of esters is 1. The summed E-state index contributed by atoms with van der Waals surface area (Å²) in [6.45, 7) is 8.06. The summed E-state index contributed by atoms with van der Waals surface area (Å²) in [5.74, 6) is -0.367. The molecule has 2 aliphatic heterocycles. The smallest absolute Gasteiger partial charge is 0.325 e. The summed E-state index contributed by atoms with van der Waals surface area (Å²) in [5.41, 5.74) is 1.35. The molecule has 2 atom stereocenters. The predicted octanol–water partition coefficient (Wildman–Crippen LogP) is 1.14. The van der Waals surface area contributed by atoms with Crippen LogP contribution in [-0.2, 0) is 25.6 Å². The van der Waals surface area contributed by atoms with E-state index < -0.39 is 5.97 Å². The number of nitrogens with one attached hydrogen (secondary N) is 1. The Hall–Kier alpha value is -2.98. The molecule has 0 unspecified atom stereocenters. The second-order valence-electron chi connectivity index (χ2n) is 9.62. The van der Waals surface area contributed by atoms with Gasteiger partial charge in [-0.1, -0.05) is 26.0 Å². The van der Waals surface area contributed by atoms with Crippen LogP contribution in [0.25, 0.3) is 11.0 Å². The first kappa shape index (κ1) is 25.1. The van der Waals surface area contributed by atoms with Crippen LogP contribution in [0.15, 0.2) is 24.3 Å². The van der Waals surface area contributed by atoms with Gasteiger partial charge in [-0.25, -0.2) is 4.98 Å². The zero-order valence-electron chi connectivity index (χ0n) is 20.7. The van der Waals surface area contributed by atoms with Crippen molar-refractivity contribution < 1.29 is 23.9 Å². The number of piperidine rings is 1. The molecule has 2 saturated heterocycles. The van der Waals surface area contributed by atoms with E-state index in [1.165, 1.54) is 7.11 Å². The molecule has 2 aliphatic rings. The van der Waals surface area contributed by atoms with Crippen molar-refractivity contribution in [3.05, 3.63) is 30.1 Å². The number of fused-ring (bicyclic) bond motifs is 1. The number of nitrogens with zero attached hydrogens (tertiary/aromatic N) is 4. The number of morpholine rings is 1. The average molecular weight is 486 g/mol. The van der Waals surface area contributed by atoms with Crippen molar-refractivity contribution in [2.75, 3.05) is 53.0 Å². The summed E-state index contributed by atoms with van der Waals surface area (Å²) in [4.78, 5) is 47.6. The third-order valence-electron chi connectivity index (χ3n) is 6.62. The van der Waals surface area contributed by atoms with E-state index in [9.17, 15) is 14.4 Å². The Morgan fingerprint density at radius 2 is 1.94 bits per heavy atom. The van der Waals surface area contributed by atoms with E-state index in [0.29, 0.717) is 63.4 Å². The molecular formula is C25H35N5O5. The number of carbonyl (C=O) groups excluding carboxylic acids is 3. The number of methoxy groups -OCH3 is 1. The van der Waals surface area contributed by atoms with Crippen molar-refractivity contribution in [2.24, 2.45) is 11.8 Å². The van der Waals surface area contributed by atoms with Crippen molar-refractivity contribution >= 4 is 28.8 Å². The van der Waals surface area contributed by atoms with Crippen LogP contribution in [0.1, 0.15) is 30.9 Å². The number of rotatable bonds is 7. The van der Waals surface area contributed by atoms with Crippen LogP contribution in [0.2, 0.25) is 0 Å². The van der Waals surface area contributed by atoms with Gasteiger partial charge in [0.2, 0.25) is 11.7 Å². The molecule has 35 heavy (non-hydrogen) atoms. The van der Waals surface area contributed by atoms with Gasteiger partial charge in [0.15, 0.2) is 0 Å². The highest BCUT2D eigenvalue weighted by molar-refractivity contribution is 5.96. The molecule has 0 spiro atoms. The van der Waals surface area contributed by atoms with Gasteiger partial charge in [0.25, 0.3) is 5.91 Å². The van der Waals surface area contributed by atoms with Gasteiger partial charge in [-0.2, -0.15) is 0 Å². The van der Waals surface area contributed by atoms with E-state index in [0.717, 1.165) is 0 Å². The van der Waals surface area contributed by atoms with Gasteiger partial charge in [0.1, 0.15) is 6.54 Å². The third-order valence-corrected chi connectivity index (χ3v) is 6.62. The van der Waals surface area contributed by atoms with Crippen molar-refractivity contribution in [1.82, 2.24) is 24.7 Å². The highest BCUT2D eigenvalue weighted by atomic mass is 16.5. The summed E-state index contributed by atoms with van der Waals surface area (Å²) < 4.78 is 11.9. The average Bonchev–Trinajstić information content (AvgIpc) is 3.25. The van der Waals surface area contributed by atoms with Crippen LogP contribution in [0.5, 0.6) is 0 Å². The van der Waals surface area contributed by atoms with Gasteiger partial charge >= 0.3 is 5.97 Å². The Morgan fingerprint density at radius 3 is 2.66 bits per heavy atom. The monoisotopic (exact) mass is 485 g/mol. The van der Waals surface area contributed by atoms with Gasteiger partial charge in [-0.15, -0.1) is 0 Å². The van der Waals surface area contributed by atoms with Gasteiger partial charge in [-0.3, -0.25) is 14.4 Å². The number of ether oxygens (including phenoxy) is 2. The Morgan fingerprint density at radius 1 is 1.20 bits per heavy atom. The molecule has 0 bridgehead atoms. The molecule has 10 nitrogen and oxygen atoms in total. The van der Waals surface area contributed by atoms with Crippen LogP contribution in [-0.4, -0.2) is 96.2 Å². The summed E-state index contributed by atoms with van der Waals surface area (Å²) in [6, 6.07) is 7.20. The maximum atomic E-state index is 14.0. The summed E-state index contributed by atoms with van der Waals surface area (Å²) in [5, 5.41) is 3.37. The van der Waals surface area contributed by atoms with Crippen LogP contribution >= 0.6 is 0 Å². The third kappa shape index (κ3) is 5.65. The molecule has 0 aliphatic carbocycles. The maximum absolute atomic E-state index is 14.0. The Labute approximate surface area is 205 Å². The van der Waals surface area contributed by atoms with Gasteiger partial charge < -0.3 is 29.2 Å². The largest absolute Gasteiger partial charge is 0.468 e. The van der Waals surface area contributed by atoms with Crippen LogP contribution in [0.3, 0.4) is 0 Å². The number of imidazole rings is 1. The van der Waals surface area contributed by atoms with Crippen molar-refractivity contribution in [3.63, 3.8) is 0 Å². The van der Waals surface area contributed by atoms with Crippen molar-refractivity contribution in [2.45, 2.75) is 32.9 Å². The molecule has 3 heterocycles. The van der Waals surface area contributed by atoms with Crippen LogP contribution < -0.4 is 5.32 Å². The van der Waals surface area contributed by atoms with Gasteiger partial charge in [0, 0.05) is 38.8 Å². The van der Waals surface area contributed by atoms with Crippen molar-refractivity contribution in [3.8, 4) is 0 Å². The minimum absolute atomic E-state index is 0.103. The first-order valence-corrected chi connectivity index (χ1v) is 12.3. The second kappa shape index (κ2) is 11.2. The fourth-order valence-corrected chi connectivity index (χ4v) is 4.90. The molecule has 2 fully saturated rings. The van der Waals surface area contributed by atoms with E-state index in [4.69, 9.17) is 9.47 Å². The number of benzene rings is 1. The number of para-hydroxylation sites is 2. The van der Waals surface area contributed by atoms with E-state index in [1.54, 1.807) is 4.57 Å². The minimum Gasteiger partial charge on any atom is -0.468 e. The fraction of sp³-hybridized carbons (Fsp3) is 0.600. The van der Waals surface area contributed by atoms with Gasteiger partial charge in [0.05, 0.1) is 37.3 Å². The summed E-state index contributed by atoms with van der Waals surface area (Å²) >= 11 is 0. The van der Waals surface area contributed by atoms with E-state index in [1.807, 2.05) is 34.1 Å². The molecule has 1 N–H and O–H groups in total. The molecule has 4 rings (SSSR count). The molecule has 2 aromatic rings. The van der Waals surface area contributed by atoms with Gasteiger partial charge in [-0.05, 0) is 24.5 Å². The fourth-order valence-electron chi connectivity index (χ4n) is 4.90. The normalized spacial score (nSPS) is 20.7. The zero-order chi connectivity index (χ0) is 24.9. The first-order valence-electron chi connectivity index (χ1n) is 12.3. The van der Waals surface area contributed by atoms with E-state index >= 15 is 0 Å². The number of hydrogen-bond acceptors (Lipinski definition) is 7. The highest BCUT2D eigenvalue weighted by Crippen LogP contribution is 2.24. The van der Waals surface area contributed by atoms with E-state index in [2.05, 4.69) is 24.1 Å². The second-order valence-corrected chi connectivity index (χ2v) is 9.62. The molecule has 190 valence electrons. The highest BCUT2D eigenvalue weighted by Gasteiger charge is 2.37.